The van der Waals surface area contributed by atoms with Crippen LogP contribution >= 0.6 is 15.9 Å². The second-order valence-electron chi connectivity index (χ2n) is 5.50. The summed E-state index contributed by atoms with van der Waals surface area (Å²) in [7, 11) is -3.80. The Bertz CT molecular complexity index is 611. The second-order valence-corrected chi connectivity index (χ2v) is 8.10. The van der Waals surface area contributed by atoms with E-state index in [4.69, 9.17) is 0 Å². The van der Waals surface area contributed by atoms with Crippen molar-refractivity contribution in [1.82, 2.24) is 10.0 Å². The molecule has 4 nitrogen and oxygen atoms in total. The minimum atomic E-state index is -3.80. The lowest BCUT2D eigenvalue weighted by molar-refractivity contribution is 0.345. The van der Waals surface area contributed by atoms with Crippen LogP contribution in [0.3, 0.4) is 0 Å². The molecule has 3 rings (SSSR count). The Morgan fingerprint density at radius 2 is 1.90 bits per heavy atom. The molecule has 2 saturated heterocycles. The van der Waals surface area contributed by atoms with Gasteiger partial charge in [0.05, 0.1) is 0 Å². The van der Waals surface area contributed by atoms with E-state index in [9.17, 15) is 12.8 Å². The molecule has 1 aromatic carbocycles. The largest absolute Gasteiger partial charge is 0.311 e. The normalized spacial score (nSPS) is 29.6. The first kappa shape index (κ1) is 14.4. The first-order chi connectivity index (χ1) is 9.44. The maximum atomic E-state index is 13.8. The Kier molecular flexibility index (Phi) is 3.87. The Morgan fingerprint density at radius 3 is 2.50 bits per heavy atom. The van der Waals surface area contributed by atoms with Gasteiger partial charge in [0.25, 0.3) is 0 Å². The van der Waals surface area contributed by atoms with Gasteiger partial charge in [0.15, 0.2) is 0 Å². The van der Waals surface area contributed by atoms with Crippen LogP contribution in [-0.4, -0.2) is 26.5 Å². The minimum Gasteiger partial charge on any atom is -0.311 e. The Balaban J connectivity index is 1.78. The molecular formula is C13H16BrFN2O2S. The highest BCUT2D eigenvalue weighted by Gasteiger charge is 2.35. The highest BCUT2D eigenvalue weighted by molar-refractivity contribution is 9.10. The van der Waals surface area contributed by atoms with Gasteiger partial charge in [0.1, 0.15) is 10.7 Å². The van der Waals surface area contributed by atoms with Gasteiger partial charge >= 0.3 is 0 Å². The van der Waals surface area contributed by atoms with Gasteiger partial charge in [-0.2, -0.15) is 0 Å². The Hall–Kier alpha value is -0.500. The first-order valence-electron chi connectivity index (χ1n) is 6.67. The number of sulfonamides is 1. The number of halogens is 2. The molecule has 0 aromatic heterocycles. The summed E-state index contributed by atoms with van der Waals surface area (Å²) >= 11 is 3.12. The fourth-order valence-electron chi connectivity index (χ4n) is 3.13. The van der Waals surface area contributed by atoms with Gasteiger partial charge in [0.2, 0.25) is 10.0 Å². The molecule has 0 saturated carbocycles. The van der Waals surface area contributed by atoms with E-state index in [-0.39, 0.29) is 10.9 Å². The molecule has 2 aliphatic rings. The number of piperidine rings is 1. The summed E-state index contributed by atoms with van der Waals surface area (Å²) in [5.74, 6) is -0.733. The van der Waals surface area contributed by atoms with Crippen molar-refractivity contribution >= 4 is 26.0 Å². The highest BCUT2D eigenvalue weighted by atomic mass is 79.9. The van der Waals surface area contributed by atoms with E-state index in [0.29, 0.717) is 16.6 Å². The van der Waals surface area contributed by atoms with Crippen molar-refractivity contribution in [2.45, 2.75) is 48.7 Å². The molecule has 2 unspecified atom stereocenters. The monoisotopic (exact) mass is 362 g/mol. The molecule has 110 valence electrons. The Labute approximate surface area is 126 Å². The van der Waals surface area contributed by atoms with E-state index in [0.717, 1.165) is 25.7 Å². The molecule has 1 aromatic rings. The number of benzene rings is 1. The lowest BCUT2D eigenvalue weighted by Crippen LogP contribution is -2.48. The summed E-state index contributed by atoms with van der Waals surface area (Å²) in [5.41, 5.74) is 0. The van der Waals surface area contributed by atoms with Crippen molar-refractivity contribution in [1.29, 1.82) is 0 Å². The van der Waals surface area contributed by atoms with Crippen LogP contribution in [0.5, 0.6) is 0 Å². The third-order valence-corrected chi connectivity index (χ3v) is 6.03. The van der Waals surface area contributed by atoms with Crippen LogP contribution in [0, 0.1) is 5.82 Å². The zero-order valence-electron chi connectivity index (χ0n) is 10.8. The number of nitrogens with one attached hydrogen (secondary N) is 2. The summed E-state index contributed by atoms with van der Waals surface area (Å²) in [6, 6.07) is 4.65. The quantitative estimate of drug-likeness (QED) is 0.865. The van der Waals surface area contributed by atoms with Crippen molar-refractivity contribution in [3.63, 3.8) is 0 Å². The third-order valence-electron chi connectivity index (χ3n) is 3.98. The average molecular weight is 363 g/mol. The van der Waals surface area contributed by atoms with Crippen molar-refractivity contribution < 1.29 is 12.8 Å². The molecule has 2 N–H and O–H groups in total. The van der Waals surface area contributed by atoms with E-state index >= 15 is 0 Å². The van der Waals surface area contributed by atoms with E-state index < -0.39 is 15.8 Å². The highest BCUT2D eigenvalue weighted by Crippen LogP contribution is 2.28. The van der Waals surface area contributed by atoms with Gasteiger partial charge in [-0.25, -0.2) is 17.5 Å². The number of hydrogen-bond donors (Lipinski definition) is 2. The average Bonchev–Trinajstić information content (AvgIpc) is 2.67. The number of rotatable bonds is 3. The third kappa shape index (κ3) is 2.90. The summed E-state index contributed by atoms with van der Waals surface area (Å²) in [4.78, 5) is -0.286. The molecule has 2 heterocycles. The summed E-state index contributed by atoms with van der Waals surface area (Å²) in [5, 5.41) is 3.45. The zero-order valence-corrected chi connectivity index (χ0v) is 13.2. The van der Waals surface area contributed by atoms with Gasteiger partial charge in [-0.3, -0.25) is 0 Å². The molecule has 0 radical (unpaired) electrons. The zero-order chi connectivity index (χ0) is 14.3. The molecule has 7 heteroatoms. The fourth-order valence-corrected chi connectivity index (χ4v) is 4.78. The maximum Gasteiger partial charge on any atom is 0.243 e. The van der Waals surface area contributed by atoms with Crippen molar-refractivity contribution in [2.75, 3.05) is 0 Å². The van der Waals surface area contributed by atoms with Gasteiger partial charge < -0.3 is 5.32 Å². The lowest BCUT2D eigenvalue weighted by atomic mass is 10.0. The fraction of sp³-hybridized carbons (Fsp3) is 0.538. The number of hydrogen-bond acceptors (Lipinski definition) is 3. The predicted octanol–water partition coefficient (Wildman–Crippen LogP) is 2.15. The van der Waals surface area contributed by atoms with E-state index in [2.05, 4.69) is 26.0 Å². The first-order valence-corrected chi connectivity index (χ1v) is 8.95. The van der Waals surface area contributed by atoms with E-state index in [1.807, 2.05) is 0 Å². The van der Waals surface area contributed by atoms with Crippen molar-refractivity contribution in [3.8, 4) is 0 Å². The van der Waals surface area contributed by atoms with Gasteiger partial charge in [-0.1, -0.05) is 15.9 Å². The van der Waals surface area contributed by atoms with Gasteiger partial charge in [-0.15, -0.1) is 0 Å². The standard InChI is InChI=1S/C13H16BrFN2O2S/c14-8-1-4-13(12(15)5-8)20(18,19)17-11-6-9-2-3-10(7-11)16-9/h1,4-5,9-11,16-17H,2-3,6-7H2. The SMILES string of the molecule is O=S(=O)(NC1CC2CCC(C1)N2)c1ccc(Br)cc1F. The minimum absolute atomic E-state index is 0.109. The molecule has 0 spiro atoms. The van der Waals surface area contributed by atoms with Crippen LogP contribution in [-0.2, 0) is 10.0 Å². The van der Waals surface area contributed by atoms with Crippen LogP contribution in [0.1, 0.15) is 25.7 Å². The van der Waals surface area contributed by atoms with Crippen LogP contribution in [0.25, 0.3) is 0 Å². The molecule has 0 amide bonds. The van der Waals surface area contributed by atoms with E-state index in [1.54, 1.807) is 0 Å². The molecule has 2 atom stereocenters. The topological polar surface area (TPSA) is 58.2 Å². The Morgan fingerprint density at radius 1 is 1.25 bits per heavy atom. The van der Waals surface area contributed by atoms with Crippen LogP contribution in [0.15, 0.2) is 27.6 Å². The predicted molar refractivity (Wildman–Crippen MR) is 77.4 cm³/mol. The maximum absolute atomic E-state index is 13.8. The van der Waals surface area contributed by atoms with Crippen molar-refractivity contribution in [3.05, 3.63) is 28.5 Å². The van der Waals surface area contributed by atoms with Gasteiger partial charge in [-0.05, 0) is 43.9 Å². The van der Waals surface area contributed by atoms with Crippen molar-refractivity contribution in [2.24, 2.45) is 0 Å². The summed E-state index contributed by atoms with van der Waals surface area (Å²) in [6.07, 6.45) is 3.73. The van der Waals surface area contributed by atoms with Gasteiger partial charge in [0, 0.05) is 22.6 Å². The smallest absolute Gasteiger partial charge is 0.243 e. The van der Waals surface area contributed by atoms with Crippen LogP contribution in [0.4, 0.5) is 4.39 Å². The molecule has 2 fully saturated rings. The summed E-state index contributed by atoms with van der Waals surface area (Å²) in [6.45, 7) is 0. The summed E-state index contributed by atoms with van der Waals surface area (Å²) < 4.78 is 41.5. The second kappa shape index (κ2) is 5.36. The molecular weight excluding hydrogens is 347 g/mol. The number of fused-ring (bicyclic) bond motifs is 2. The van der Waals surface area contributed by atoms with E-state index in [1.165, 1.54) is 18.2 Å². The lowest BCUT2D eigenvalue weighted by Gasteiger charge is -2.29. The van der Waals surface area contributed by atoms with Crippen LogP contribution < -0.4 is 10.0 Å². The molecule has 0 aliphatic carbocycles. The molecule has 2 bridgehead atoms. The van der Waals surface area contributed by atoms with Crippen LogP contribution in [0.2, 0.25) is 0 Å². The molecule has 2 aliphatic heterocycles. The molecule has 20 heavy (non-hydrogen) atoms.